The third-order valence-corrected chi connectivity index (χ3v) is 2.58. The number of nitrogens with one attached hydrogen (secondary N) is 1. The van der Waals surface area contributed by atoms with Crippen LogP contribution in [0.25, 0.3) is 17.0 Å². The molecular weight excluding hydrogens is 214 g/mol. The molecule has 0 saturated heterocycles. The first-order valence-electron chi connectivity index (χ1n) is 5.32. The smallest absolute Gasteiger partial charge is 0.254 e. The lowest BCUT2D eigenvalue weighted by Crippen LogP contribution is -2.02. The molecule has 1 N–H and O–H groups in total. The lowest BCUT2D eigenvalue weighted by Gasteiger charge is -2.06. The number of rotatable bonds is 2. The SMILES string of the molecule is CNc1cc(-c2ccccc2)nc2ncnn12. The Morgan fingerprint density at radius 2 is 2.00 bits per heavy atom. The highest BCUT2D eigenvalue weighted by Gasteiger charge is 2.07. The van der Waals surface area contributed by atoms with E-state index in [9.17, 15) is 0 Å². The van der Waals surface area contributed by atoms with Crippen LogP contribution in [0.1, 0.15) is 0 Å². The summed E-state index contributed by atoms with van der Waals surface area (Å²) < 4.78 is 1.67. The molecule has 0 radical (unpaired) electrons. The lowest BCUT2D eigenvalue weighted by atomic mass is 10.1. The predicted molar refractivity (Wildman–Crippen MR) is 65.8 cm³/mol. The van der Waals surface area contributed by atoms with Gasteiger partial charge in [-0.3, -0.25) is 0 Å². The molecule has 0 spiro atoms. The molecule has 0 aliphatic heterocycles. The van der Waals surface area contributed by atoms with Crippen LogP contribution < -0.4 is 5.32 Å². The van der Waals surface area contributed by atoms with E-state index in [0.29, 0.717) is 5.78 Å². The van der Waals surface area contributed by atoms with E-state index in [1.807, 2.05) is 43.4 Å². The number of hydrogen-bond acceptors (Lipinski definition) is 4. The molecule has 0 aliphatic carbocycles. The first-order valence-corrected chi connectivity index (χ1v) is 5.32. The van der Waals surface area contributed by atoms with Crippen molar-refractivity contribution in [2.24, 2.45) is 0 Å². The fourth-order valence-corrected chi connectivity index (χ4v) is 1.75. The fraction of sp³-hybridized carbons (Fsp3) is 0.0833. The molecule has 0 saturated carbocycles. The van der Waals surface area contributed by atoms with Crippen molar-refractivity contribution in [3.05, 3.63) is 42.7 Å². The fourth-order valence-electron chi connectivity index (χ4n) is 1.75. The van der Waals surface area contributed by atoms with Crippen molar-refractivity contribution in [2.75, 3.05) is 12.4 Å². The largest absolute Gasteiger partial charge is 0.373 e. The van der Waals surface area contributed by atoms with Crippen LogP contribution in [-0.4, -0.2) is 26.6 Å². The molecule has 0 amide bonds. The highest BCUT2D eigenvalue weighted by atomic mass is 15.3. The summed E-state index contributed by atoms with van der Waals surface area (Å²) in [6, 6.07) is 12.0. The monoisotopic (exact) mass is 225 g/mol. The van der Waals surface area contributed by atoms with Crippen molar-refractivity contribution in [1.29, 1.82) is 0 Å². The van der Waals surface area contributed by atoms with Gasteiger partial charge in [-0.1, -0.05) is 30.3 Å². The zero-order valence-corrected chi connectivity index (χ0v) is 9.33. The maximum absolute atomic E-state index is 4.46. The van der Waals surface area contributed by atoms with Crippen molar-refractivity contribution >= 4 is 11.6 Å². The Bertz CT molecular complexity index is 644. The topological polar surface area (TPSA) is 55.1 Å². The van der Waals surface area contributed by atoms with Gasteiger partial charge in [0.15, 0.2) is 0 Å². The summed E-state index contributed by atoms with van der Waals surface area (Å²) in [5, 5.41) is 7.19. The molecule has 0 atom stereocenters. The number of nitrogens with zero attached hydrogens (tertiary/aromatic N) is 4. The van der Waals surface area contributed by atoms with E-state index >= 15 is 0 Å². The summed E-state index contributed by atoms with van der Waals surface area (Å²) in [6.07, 6.45) is 1.50. The second-order valence-electron chi connectivity index (χ2n) is 3.61. The van der Waals surface area contributed by atoms with Crippen LogP contribution in [0.2, 0.25) is 0 Å². The van der Waals surface area contributed by atoms with E-state index in [-0.39, 0.29) is 0 Å². The number of anilines is 1. The van der Waals surface area contributed by atoms with Gasteiger partial charge in [0.05, 0.1) is 5.69 Å². The third kappa shape index (κ3) is 1.61. The minimum Gasteiger partial charge on any atom is -0.373 e. The molecule has 0 fully saturated rings. The Morgan fingerprint density at radius 1 is 1.18 bits per heavy atom. The maximum Gasteiger partial charge on any atom is 0.254 e. The van der Waals surface area contributed by atoms with Crippen LogP contribution in [0.4, 0.5) is 5.82 Å². The Hall–Kier alpha value is -2.43. The molecule has 5 heteroatoms. The summed E-state index contributed by atoms with van der Waals surface area (Å²) >= 11 is 0. The minimum atomic E-state index is 0.593. The molecular formula is C12H11N5. The molecule has 0 bridgehead atoms. The molecule has 17 heavy (non-hydrogen) atoms. The Labute approximate surface area is 98.1 Å². The lowest BCUT2D eigenvalue weighted by molar-refractivity contribution is 0.944. The van der Waals surface area contributed by atoms with E-state index in [0.717, 1.165) is 17.1 Å². The van der Waals surface area contributed by atoms with Gasteiger partial charge in [-0.25, -0.2) is 4.98 Å². The maximum atomic E-state index is 4.46. The Morgan fingerprint density at radius 3 is 2.76 bits per heavy atom. The summed E-state index contributed by atoms with van der Waals surface area (Å²) in [5.41, 5.74) is 1.95. The number of fused-ring (bicyclic) bond motifs is 1. The van der Waals surface area contributed by atoms with E-state index in [4.69, 9.17) is 0 Å². The highest BCUT2D eigenvalue weighted by molar-refractivity contribution is 5.64. The zero-order valence-electron chi connectivity index (χ0n) is 9.33. The van der Waals surface area contributed by atoms with E-state index < -0.39 is 0 Å². The van der Waals surface area contributed by atoms with Crippen LogP contribution in [0.3, 0.4) is 0 Å². The molecule has 2 aromatic heterocycles. The van der Waals surface area contributed by atoms with Gasteiger partial charge in [0.1, 0.15) is 12.1 Å². The van der Waals surface area contributed by atoms with Gasteiger partial charge in [0.2, 0.25) is 0 Å². The average Bonchev–Trinajstić information content (AvgIpc) is 2.86. The second kappa shape index (κ2) is 3.86. The second-order valence-corrected chi connectivity index (χ2v) is 3.61. The van der Waals surface area contributed by atoms with Gasteiger partial charge >= 0.3 is 0 Å². The van der Waals surface area contributed by atoms with Crippen LogP contribution in [0, 0.1) is 0 Å². The van der Waals surface area contributed by atoms with Crippen LogP contribution in [0.15, 0.2) is 42.7 Å². The predicted octanol–water partition coefficient (Wildman–Crippen LogP) is 1.83. The molecule has 84 valence electrons. The Kier molecular flexibility index (Phi) is 2.22. The van der Waals surface area contributed by atoms with Crippen molar-refractivity contribution in [1.82, 2.24) is 19.6 Å². The number of hydrogen-bond donors (Lipinski definition) is 1. The highest BCUT2D eigenvalue weighted by Crippen LogP contribution is 2.20. The zero-order chi connectivity index (χ0) is 11.7. The number of benzene rings is 1. The van der Waals surface area contributed by atoms with Gasteiger partial charge in [-0.15, -0.1) is 0 Å². The third-order valence-electron chi connectivity index (χ3n) is 2.58. The Balaban J connectivity index is 2.24. The van der Waals surface area contributed by atoms with Crippen molar-refractivity contribution in [2.45, 2.75) is 0 Å². The van der Waals surface area contributed by atoms with Crippen molar-refractivity contribution in [3.8, 4) is 11.3 Å². The van der Waals surface area contributed by atoms with Crippen LogP contribution >= 0.6 is 0 Å². The van der Waals surface area contributed by atoms with Gasteiger partial charge in [-0.2, -0.15) is 14.6 Å². The van der Waals surface area contributed by atoms with Gasteiger partial charge in [-0.05, 0) is 0 Å². The molecule has 2 heterocycles. The van der Waals surface area contributed by atoms with Gasteiger partial charge in [0.25, 0.3) is 5.78 Å². The molecule has 3 aromatic rings. The van der Waals surface area contributed by atoms with E-state index in [1.54, 1.807) is 4.52 Å². The summed E-state index contributed by atoms with van der Waals surface area (Å²) in [6.45, 7) is 0. The number of aromatic nitrogens is 4. The standard InChI is InChI=1S/C12H11N5/c1-13-11-7-10(9-5-3-2-4-6-9)16-12-14-8-15-17(11)12/h2-8,13H,1H3. The van der Waals surface area contributed by atoms with Gasteiger partial charge < -0.3 is 5.32 Å². The van der Waals surface area contributed by atoms with Gasteiger partial charge in [0, 0.05) is 18.7 Å². The first-order chi connectivity index (χ1) is 8.38. The van der Waals surface area contributed by atoms with E-state index in [2.05, 4.69) is 20.4 Å². The minimum absolute atomic E-state index is 0.593. The molecule has 0 unspecified atom stereocenters. The molecule has 1 aromatic carbocycles. The summed E-state index contributed by atoms with van der Waals surface area (Å²) in [4.78, 5) is 8.58. The van der Waals surface area contributed by atoms with Crippen molar-refractivity contribution in [3.63, 3.8) is 0 Å². The normalized spacial score (nSPS) is 10.6. The van der Waals surface area contributed by atoms with Crippen LogP contribution in [0.5, 0.6) is 0 Å². The average molecular weight is 225 g/mol. The summed E-state index contributed by atoms with van der Waals surface area (Å²) in [5.74, 6) is 1.46. The van der Waals surface area contributed by atoms with Crippen molar-refractivity contribution < 1.29 is 0 Å². The molecule has 3 rings (SSSR count). The first kappa shape index (κ1) is 9.77. The quantitative estimate of drug-likeness (QED) is 0.723. The van der Waals surface area contributed by atoms with Crippen LogP contribution in [-0.2, 0) is 0 Å². The molecule has 5 nitrogen and oxygen atoms in total. The van der Waals surface area contributed by atoms with E-state index in [1.165, 1.54) is 6.33 Å². The molecule has 0 aliphatic rings. The summed E-state index contributed by atoms with van der Waals surface area (Å²) in [7, 11) is 1.85.